The van der Waals surface area contributed by atoms with Gasteiger partial charge < -0.3 is 15.0 Å². The molecule has 5 nitrogen and oxygen atoms in total. The predicted molar refractivity (Wildman–Crippen MR) is 101 cm³/mol. The highest BCUT2D eigenvalue weighted by molar-refractivity contribution is 5.83. The van der Waals surface area contributed by atoms with Gasteiger partial charge in [-0.15, -0.1) is 0 Å². The zero-order chi connectivity index (χ0) is 18.7. The second-order valence-electron chi connectivity index (χ2n) is 8.51. The van der Waals surface area contributed by atoms with Crippen LogP contribution < -0.4 is 5.32 Å². The molecular weight excluding hydrogens is 328 g/mol. The Bertz CT molecular complexity index is 630. The Labute approximate surface area is 156 Å². The van der Waals surface area contributed by atoms with E-state index in [-0.39, 0.29) is 12.0 Å². The largest absolute Gasteiger partial charge is 0.444 e. The lowest BCUT2D eigenvalue weighted by atomic mass is 9.96. The summed E-state index contributed by atoms with van der Waals surface area (Å²) in [5, 5.41) is 2.85. The normalized spacial score (nSPS) is 23.4. The van der Waals surface area contributed by atoms with E-state index in [1.165, 1.54) is 5.56 Å². The Morgan fingerprint density at radius 2 is 1.81 bits per heavy atom. The first kappa shape index (κ1) is 18.7. The number of nitrogens with zero attached hydrogens (tertiary/aromatic N) is 1. The van der Waals surface area contributed by atoms with Gasteiger partial charge in [-0.2, -0.15) is 0 Å². The van der Waals surface area contributed by atoms with Gasteiger partial charge in [0.1, 0.15) is 5.60 Å². The number of rotatable bonds is 4. The van der Waals surface area contributed by atoms with Crippen molar-refractivity contribution in [1.82, 2.24) is 10.2 Å². The molecule has 26 heavy (non-hydrogen) atoms. The topological polar surface area (TPSA) is 58.6 Å². The molecule has 2 unspecified atom stereocenters. The Balaban J connectivity index is 1.39. The fourth-order valence-corrected chi connectivity index (χ4v) is 3.67. The average molecular weight is 358 g/mol. The minimum absolute atomic E-state index is 0.161. The van der Waals surface area contributed by atoms with Crippen molar-refractivity contribution in [3.05, 3.63) is 35.9 Å². The molecule has 2 atom stereocenters. The number of nitrogens with one attached hydrogen (secondary N) is 1. The summed E-state index contributed by atoms with van der Waals surface area (Å²) < 4.78 is 5.27. The van der Waals surface area contributed by atoms with E-state index in [4.69, 9.17) is 4.74 Å². The molecule has 1 saturated carbocycles. The highest BCUT2D eigenvalue weighted by Gasteiger charge is 2.46. The highest BCUT2D eigenvalue weighted by atomic mass is 16.6. The van der Waals surface area contributed by atoms with Crippen molar-refractivity contribution in [3.8, 4) is 0 Å². The van der Waals surface area contributed by atoms with Crippen LogP contribution in [-0.4, -0.2) is 42.1 Å². The van der Waals surface area contributed by atoms with Crippen LogP contribution >= 0.6 is 0 Å². The molecule has 1 aromatic carbocycles. The molecule has 2 amide bonds. The number of amides is 2. The molecule has 3 rings (SSSR count). The van der Waals surface area contributed by atoms with Gasteiger partial charge in [-0.3, -0.25) is 4.79 Å². The molecular formula is C21H30N2O3. The van der Waals surface area contributed by atoms with Gasteiger partial charge in [-0.05, 0) is 57.4 Å². The summed E-state index contributed by atoms with van der Waals surface area (Å²) in [4.78, 5) is 26.5. The first-order chi connectivity index (χ1) is 12.3. The zero-order valence-corrected chi connectivity index (χ0v) is 16.0. The Hall–Kier alpha value is -2.04. The van der Waals surface area contributed by atoms with Crippen molar-refractivity contribution < 1.29 is 14.3 Å². The lowest BCUT2D eigenvalue weighted by Gasteiger charge is -2.32. The number of hydrogen-bond acceptors (Lipinski definition) is 3. The van der Waals surface area contributed by atoms with Crippen molar-refractivity contribution in [1.29, 1.82) is 0 Å². The van der Waals surface area contributed by atoms with E-state index in [0.717, 1.165) is 32.4 Å². The maximum Gasteiger partial charge on any atom is 0.407 e. The average Bonchev–Trinajstić information content (AvgIpc) is 3.40. The third-order valence-electron chi connectivity index (χ3n) is 5.20. The van der Waals surface area contributed by atoms with Gasteiger partial charge in [0.05, 0.1) is 0 Å². The molecule has 0 bridgehead atoms. The molecule has 0 aromatic heterocycles. The number of hydrogen-bond donors (Lipinski definition) is 1. The van der Waals surface area contributed by atoms with Crippen molar-refractivity contribution in [2.75, 3.05) is 19.6 Å². The van der Waals surface area contributed by atoms with Crippen LogP contribution in [0.3, 0.4) is 0 Å². The quantitative estimate of drug-likeness (QED) is 0.895. The lowest BCUT2D eigenvalue weighted by Crippen LogP contribution is -2.43. The minimum atomic E-state index is -0.473. The second kappa shape index (κ2) is 7.68. The van der Waals surface area contributed by atoms with E-state index in [0.29, 0.717) is 24.3 Å². The zero-order valence-electron chi connectivity index (χ0n) is 16.0. The number of likely N-dealkylation sites (tertiary alicyclic amines) is 1. The van der Waals surface area contributed by atoms with Gasteiger partial charge in [-0.25, -0.2) is 4.79 Å². The number of benzene rings is 1. The maximum absolute atomic E-state index is 12.7. The van der Waals surface area contributed by atoms with E-state index in [2.05, 4.69) is 17.4 Å². The highest BCUT2D eigenvalue weighted by Crippen LogP contribution is 2.48. The molecule has 1 aromatic rings. The number of ether oxygens (including phenoxy) is 1. The van der Waals surface area contributed by atoms with E-state index in [9.17, 15) is 9.59 Å². The van der Waals surface area contributed by atoms with E-state index in [1.807, 2.05) is 43.9 Å². The third kappa shape index (κ3) is 4.99. The summed E-state index contributed by atoms with van der Waals surface area (Å²) in [6.07, 6.45) is 2.48. The van der Waals surface area contributed by atoms with Gasteiger partial charge in [-0.1, -0.05) is 30.3 Å². The first-order valence-electron chi connectivity index (χ1n) is 9.64. The van der Waals surface area contributed by atoms with Crippen molar-refractivity contribution in [2.24, 2.45) is 11.8 Å². The van der Waals surface area contributed by atoms with Crippen LogP contribution in [-0.2, 0) is 9.53 Å². The van der Waals surface area contributed by atoms with Crippen LogP contribution in [0.15, 0.2) is 30.3 Å². The second-order valence-corrected chi connectivity index (χ2v) is 8.51. The molecule has 0 spiro atoms. The Kier molecular flexibility index (Phi) is 5.54. The molecule has 0 radical (unpaired) electrons. The van der Waals surface area contributed by atoms with E-state index in [1.54, 1.807) is 0 Å². The molecule has 1 aliphatic carbocycles. The molecule has 142 valence electrons. The molecule has 5 heteroatoms. The summed E-state index contributed by atoms with van der Waals surface area (Å²) in [5.41, 5.74) is 0.807. The summed E-state index contributed by atoms with van der Waals surface area (Å²) >= 11 is 0. The van der Waals surface area contributed by atoms with Gasteiger partial charge in [0, 0.05) is 25.6 Å². The van der Waals surface area contributed by atoms with Gasteiger partial charge in [0.2, 0.25) is 5.91 Å². The van der Waals surface area contributed by atoms with Crippen molar-refractivity contribution in [3.63, 3.8) is 0 Å². The molecule has 2 fully saturated rings. The maximum atomic E-state index is 12.7. The first-order valence-corrected chi connectivity index (χ1v) is 9.64. The molecule has 2 aliphatic rings. The van der Waals surface area contributed by atoms with Crippen LogP contribution in [0.1, 0.15) is 51.5 Å². The molecule has 1 aliphatic heterocycles. The van der Waals surface area contributed by atoms with Crippen LogP contribution in [0, 0.1) is 11.8 Å². The molecule has 1 heterocycles. The van der Waals surface area contributed by atoms with Gasteiger partial charge in [0.25, 0.3) is 0 Å². The predicted octanol–water partition coefficient (Wildman–Crippen LogP) is 3.55. The third-order valence-corrected chi connectivity index (χ3v) is 5.20. The van der Waals surface area contributed by atoms with Gasteiger partial charge >= 0.3 is 6.09 Å². The van der Waals surface area contributed by atoms with Crippen molar-refractivity contribution in [2.45, 2.75) is 51.6 Å². The van der Waals surface area contributed by atoms with Crippen molar-refractivity contribution >= 4 is 12.0 Å². The summed E-state index contributed by atoms with van der Waals surface area (Å²) in [7, 11) is 0. The molecule has 1 N–H and O–H groups in total. The summed E-state index contributed by atoms with van der Waals surface area (Å²) in [6, 6.07) is 10.3. The monoisotopic (exact) mass is 358 g/mol. The fourth-order valence-electron chi connectivity index (χ4n) is 3.67. The Morgan fingerprint density at radius 1 is 1.15 bits per heavy atom. The number of carbonyl (C=O) groups excluding carboxylic acids is 2. The fraction of sp³-hybridized carbons (Fsp3) is 0.619. The van der Waals surface area contributed by atoms with Crippen LogP contribution in [0.25, 0.3) is 0 Å². The summed E-state index contributed by atoms with van der Waals surface area (Å²) in [6.45, 7) is 7.77. The van der Waals surface area contributed by atoms with E-state index < -0.39 is 5.60 Å². The van der Waals surface area contributed by atoms with Crippen LogP contribution in [0.4, 0.5) is 4.79 Å². The molecule has 1 saturated heterocycles. The van der Waals surface area contributed by atoms with E-state index >= 15 is 0 Å². The number of carbonyl (C=O) groups is 2. The smallest absolute Gasteiger partial charge is 0.407 e. The number of piperidine rings is 1. The Morgan fingerprint density at radius 3 is 2.42 bits per heavy atom. The minimum Gasteiger partial charge on any atom is -0.444 e. The van der Waals surface area contributed by atoms with Crippen LogP contribution in [0.5, 0.6) is 0 Å². The SMILES string of the molecule is CC(C)(C)OC(=O)NCC1CCN(C(=O)C2CC2c2ccccc2)CC1. The number of alkyl carbamates (subject to hydrolysis) is 1. The lowest BCUT2D eigenvalue weighted by molar-refractivity contribution is -0.134. The summed E-state index contributed by atoms with van der Waals surface area (Å²) in [5.74, 6) is 1.28. The van der Waals surface area contributed by atoms with Crippen LogP contribution in [0.2, 0.25) is 0 Å². The standard InChI is InChI=1S/C21H30N2O3/c1-21(2,3)26-20(25)22-14-15-9-11-23(12-10-15)19(24)18-13-17(18)16-7-5-4-6-8-16/h4-8,15,17-18H,9-14H2,1-3H3,(H,22,25). The van der Waals surface area contributed by atoms with Gasteiger partial charge in [0.15, 0.2) is 0 Å².